The molecule has 0 unspecified atom stereocenters. The van der Waals surface area contributed by atoms with E-state index < -0.39 is 0 Å². The van der Waals surface area contributed by atoms with Gasteiger partial charge in [-0.3, -0.25) is 9.69 Å². The summed E-state index contributed by atoms with van der Waals surface area (Å²) in [4.78, 5) is 14.5. The molecule has 2 aromatic rings. The Morgan fingerprint density at radius 1 is 1.24 bits per heavy atom. The Hall–Kier alpha value is -2.18. The van der Waals surface area contributed by atoms with Crippen LogP contribution in [0.2, 0.25) is 0 Å². The van der Waals surface area contributed by atoms with Crippen LogP contribution in [0.3, 0.4) is 0 Å². The molecule has 2 aromatic carbocycles. The van der Waals surface area contributed by atoms with Gasteiger partial charge >= 0.3 is 0 Å². The van der Waals surface area contributed by atoms with Gasteiger partial charge in [-0.25, -0.2) is 4.39 Å². The smallest absolute Gasteiger partial charge is 0.266 e. The minimum absolute atomic E-state index is 0.0857. The first kappa shape index (κ1) is 17.6. The number of thiocarbonyl (C=S) groups is 1. The minimum Gasteiger partial charge on any atom is -0.488 e. The lowest BCUT2D eigenvalue weighted by molar-refractivity contribution is -0.121. The molecular weight excluding hydrogens is 357 g/mol. The molecule has 0 spiro atoms. The van der Waals surface area contributed by atoms with Gasteiger partial charge in [-0.1, -0.05) is 54.3 Å². The summed E-state index contributed by atoms with van der Waals surface area (Å²) in [5.74, 6) is 0.253. The van der Waals surface area contributed by atoms with E-state index in [1.54, 1.807) is 23.1 Å². The zero-order valence-electron chi connectivity index (χ0n) is 13.6. The lowest BCUT2D eigenvalue weighted by atomic mass is 10.1. The van der Waals surface area contributed by atoms with Crippen LogP contribution in [0.15, 0.2) is 53.4 Å². The van der Waals surface area contributed by atoms with Crippen LogP contribution in [0.5, 0.6) is 5.75 Å². The number of thioether (sulfide) groups is 1. The number of hydrogen-bond donors (Lipinski definition) is 0. The number of carbonyl (C=O) groups is 1. The van der Waals surface area contributed by atoms with Gasteiger partial charge in [0.15, 0.2) is 0 Å². The Bertz CT molecular complexity index is 851. The highest BCUT2D eigenvalue weighted by atomic mass is 32.2. The van der Waals surface area contributed by atoms with Crippen LogP contribution in [0.1, 0.15) is 18.1 Å². The molecule has 3 nitrogen and oxygen atoms in total. The molecule has 1 heterocycles. The quantitative estimate of drug-likeness (QED) is 0.565. The molecule has 0 radical (unpaired) electrons. The first-order valence-corrected chi connectivity index (χ1v) is 9.02. The van der Waals surface area contributed by atoms with Crippen molar-refractivity contribution in [2.45, 2.75) is 13.5 Å². The molecule has 0 saturated carbocycles. The lowest BCUT2D eigenvalue weighted by Crippen LogP contribution is -2.27. The van der Waals surface area contributed by atoms with Crippen molar-refractivity contribution in [2.24, 2.45) is 0 Å². The van der Waals surface area contributed by atoms with Gasteiger partial charge in [-0.2, -0.15) is 0 Å². The molecule has 1 aliphatic heterocycles. The van der Waals surface area contributed by atoms with Gasteiger partial charge in [-0.15, -0.1) is 0 Å². The van der Waals surface area contributed by atoms with Crippen LogP contribution in [0, 0.1) is 5.82 Å². The molecule has 0 N–H and O–H groups in total. The molecule has 1 fully saturated rings. The second kappa shape index (κ2) is 7.80. The van der Waals surface area contributed by atoms with Crippen LogP contribution in [-0.4, -0.2) is 21.7 Å². The number of amides is 1. The molecule has 3 rings (SSSR count). The van der Waals surface area contributed by atoms with E-state index in [1.165, 1.54) is 23.9 Å². The molecule has 128 valence electrons. The van der Waals surface area contributed by atoms with Gasteiger partial charge in [0, 0.05) is 12.1 Å². The maximum absolute atomic E-state index is 13.3. The Labute approximate surface area is 155 Å². The zero-order valence-corrected chi connectivity index (χ0v) is 15.2. The Morgan fingerprint density at radius 3 is 2.76 bits per heavy atom. The van der Waals surface area contributed by atoms with E-state index in [0.29, 0.717) is 21.5 Å². The molecule has 0 atom stereocenters. The molecule has 1 saturated heterocycles. The van der Waals surface area contributed by atoms with Crippen molar-refractivity contribution in [3.05, 3.63) is 70.4 Å². The van der Waals surface area contributed by atoms with Crippen molar-refractivity contribution in [2.75, 3.05) is 6.54 Å². The maximum Gasteiger partial charge on any atom is 0.266 e. The lowest BCUT2D eigenvalue weighted by Gasteiger charge is -2.10. The van der Waals surface area contributed by atoms with E-state index in [4.69, 9.17) is 17.0 Å². The molecule has 1 aliphatic rings. The maximum atomic E-state index is 13.3. The molecule has 6 heteroatoms. The third-order valence-corrected chi connectivity index (χ3v) is 5.06. The number of nitrogens with zero attached hydrogens (tertiary/aromatic N) is 1. The highest BCUT2D eigenvalue weighted by molar-refractivity contribution is 8.26. The van der Waals surface area contributed by atoms with E-state index >= 15 is 0 Å². The average Bonchev–Trinajstić information content (AvgIpc) is 2.87. The molecule has 0 aromatic heterocycles. The summed E-state index contributed by atoms with van der Waals surface area (Å²) in [7, 11) is 0. The van der Waals surface area contributed by atoms with Crippen LogP contribution in [-0.2, 0) is 11.4 Å². The monoisotopic (exact) mass is 373 g/mol. The number of ether oxygens (including phenoxy) is 1. The molecule has 25 heavy (non-hydrogen) atoms. The van der Waals surface area contributed by atoms with E-state index in [9.17, 15) is 9.18 Å². The van der Waals surface area contributed by atoms with Crippen molar-refractivity contribution in [1.82, 2.24) is 4.90 Å². The number of carbonyl (C=O) groups excluding carboxylic acids is 1. The number of para-hydroxylation sites is 1. The van der Waals surface area contributed by atoms with Gasteiger partial charge in [0.1, 0.15) is 22.5 Å². The second-order valence-electron chi connectivity index (χ2n) is 5.38. The van der Waals surface area contributed by atoms with Crippen LogP contribution in [0.25, 0.3) is 6.08 Å². The van der Waals surface area contributed by atoms with Crippen molar-refractivity contribution in [1.29, 1.82) is 0 Å². The fraction of sp³-hybridized carbons (Fsp3) is 0.158. The Kier molecular flexibility index (Phi) is 5.50. The number of hydrogen-bond acceptors (Lipinski definition) is 4. The van der Waals surface area contributed by atoms with Crippen molar-refractivity contribution >= 4 is 40.3 Å². The molecule has 0 bridgehead atoms. The highest BCUT2D eigenvalue weighted by Gasteiger charge is 2.30. The summed E-state index contributed by atoms with van der Waals surface area (Å²) in [6.45, 7) is 2.70. The van der Waals surface area contributed by atoms with Gasteiger partial charge < -0.3 is 4.74 Å². The van der Waals surface area contributed by atoms with Gasteiger partial charge in [0.05, 0.1) is 4.91 Å². The minimum atomic E-state index is -0.294. The molecule has 1 amide bonds. The zero-order chi connectivity index (χ0) is 17.8. The van der Waals surface area contributed by atoms with Gasteiger partial charge in [0.2, 0.25) is 0 Å². The summed E-state index contributed by atoms with van der Waals surface area (Å²) >= 11 is 6.52. The standard InChI is InChI=1S/C19H16FNO2S2/c1-2-21-18(22)17(25-19(21)24)11-14-7-3-4-9-16(14)23-12-13-6-5-8-15(20)10-13/h3-11H,2,12H2,1H3/b17-11-. The number of benzene rings is 2. The Morgan fingerprint density at radius 2 is 2.04 bits per heavy atom. The molecule has 0 aliphatic carbocycles. The van der Waals surface area contributed by atoms with E-state index in [0.717, 1.165) is 11.1 Å². The summed E-state index contributed by atoms with van der Waals surface area (Å²) in [5.41, 5.74) is 1.53. The van der Waals surface area contributed by atoms with Crippen LogP contribution < -0.4 is 4.74 Å². The predicted octanol–water partition coefficient (Wildman–Crippen LogP) is 4.63. The highest BCUT2D eigenvalue weighted by Crippen LogP contribution is 2.34. The topological polar surface area (TPSA) is 29.5 Å². The summed E-state index contributed by atoms with van der Waals surface area (Å²) in [6, 6.07) is 13.7. The SMILES string of the molecule is CCN1C(=O)/C(=C/c2ccccc2OCc2cccc(F)c2)SC1=S. The van der Waals surface area contributed by atoms with Crippen molar-refractivity contribution in [3.8, 4) is 5.75 Å². The fourth-order valence-electron chi connectivity index (χ4n) is 2.43. The van der Waals surface area contributed by atoms with Crippen molar-refractivity contribution in [3.63, 3.8) is 0 Å². The summed E-state index contributed by atoms with van der Waals surface area (Å²) < 4.78 is 19.7. The van der Waals surface area contributed by atoms with Gasteiger partial charge in [-0.05, 0) is 36.8 Å². The predicted molar refractivity (Wildman–Crippen MR) is 103 cm³/mol. The first-order valence-electron chi connectivity index (χ1n) is 7.80. The van der Waals surface area contributed by atoms with E-state index in [2.05, 4.69) is 0 Å². The van der Waals surface area contributed by atoms with Crippen molar-refractivity contribution < 1.29 is 13.9 Å². The second-order valence-corrected chi connectivity index (χ2v) is 7.06. The van der Waals surface area contributed by atoms with Crippen LogP contribution >= 0.6 is 24.0 Å². The normalized spacial score (nSPS) is 15.9. The largest absolute Gasteiger partial charge is 0.488 e. The van der Waals surface area contributed by atoms with E-state index in [-0.39, 0.29) is 18.3 Å². The van der Waals surface area contributed by atoms with Gasteiger partial charge in [0.25, 0.3) is 5.91 Å². The first-order chi connectivity index (χ1) is 12.1. The summed E-state index contributed by atoms with van der Waals surface area (Å²) in [5, 5.41) is 0. The fourth-order valence-corrected chi connectivity index (χ4v) is 3.81. The number of halogens is 1. The Balaban J connectivity index is 1.81. The third-order valence-electron chi connectivity index (χ3n) is 3.68. The average molecular weight is 373 g/mol. The molecular formula is C19H16FNO2S2. The van der Waals surface area contributed by atoms with Crippen LogP contribution in [0.4, 0.5) is 4.39 Å². The number of rotatable bonds is 5. The van der Waals surface area contributed by atoms with E-state index in [1.807, 2.05) is 31.2 Å². The number of likely N-dealkylation sites (N-methyl/N-ethyl adjacent to an activating group) is 1. The summed E-state index contributed by atoms with van der Waals surface area (Å²) in [6.07, 6.45) is 1.79. The third kappa shape index (κ3) is 4.08.